The number of carbonyl (C=O) groups excluding carboxylic acids is 2. The van der Waals surface area contributed by atoms with Crippen molar-refractivity contribution in [1.82, 2.24) is 5.32 Å². The van der Waals surface area contributed by atoms with Gasteiger partial charge in [0.2, 0.25) is 0 Å². The molecule has 0 amide bonds. The lowest BCUT2D eigenvalue weighted by atomic mass is 10.1. The highest BCUT2D eigenvalue weighted by Gasteiger charge is 2.47. The third-order valence-electron chi connectivity index (χ3n) is 2.89. The van der Waals surface area contributed by atoms with Crippen molar-refractivity contribution in [2.75, 3.05) is 20.8 Å². The molecule has 2 fully saturated rings. The molecule has 1 N–H and O–H groups in total. The predicted octanol–water partition coefficient (Wildman–Crippen LogP) is -1.20. The van der Waals surface area contributed by atoms with E-state index >= 15 is 0 Å². The fourth-order valence-electron chi connectivity index (χ4n) is 2.01. The van der Waals surface area contributed by atoms with E-state index in [0.29, 0.717) is 0 Å². The van der Waals surface area contributed by atoms with Gasteiger partial charge in [-0.1, -0.05) is 0 Å². The monoisotopic (exact) mass is 245 g/mol. The molecule has 96 valence electrons. The normalized spacial score (nSPS) is 36.2. The first kappa shape index (κ1) is 12.3. The molecule has 0 aromatic rings. The van der Waals surface area contributed by atoms with Crippen molar-refractivity contribution >= 4 is 11.9 Å². The number of nitrogens with one attached hydrogen (secondary N) is 1. The highest BCUT2D eigenvalue weighted by molar-refractivity contribution is 5.79. The molecular weight excluding hydrogens is 230 g/mol. The summed E-state index contributed by atoms with van der Waals surface area (Å²) in [6.45, 7) is 0.210. The van der Waals surface area contributed by atoms with Crippen LogP contribution < -0.4 is 5.32 Å². The Kier molecular flexibility index (Phi) is 3.60. The van der Waals surface area contributed by atoms with Crippen LogP contribution in [0.1, 0.15) is 6.42 Å². The summed E-state index contributed by atoms with van der Waals surface area (Å²) in [5.41, 5.74) is 0. The van der Waals surface area contributed by atoms with Gasteiger partial charge in [0, 0.05) is 7.11 Å². The zero-order valence-electron chi connectivity index (χ0n) is 9.67. The number of fused-ring (bicyclic) bond motifs is 1. The lowest BCUT2D eigenvalue weighted by Crippen LogP contribution is -2.60. The molecule has 2 aliphatic heterocycles. The fraction of sp³-hybridized carbons (Fsp3) is 0.800. The van der Waals surface area contributed by atoms with Gasteiger partial charge in [-0.05, 0) is 0 Å². The lowest BCUT2D eigenvalue weighted by Gasteiger charge is -2.36. The molecule has 0 aromatic heterocycles. The molecule has 17 heavy (non-hydrogen) atoms. The maximum atomic E-state index is 11.4. The molecule has 2 aliphatic rings. The zero-order chi connectivity index (χ0) is 12.4. The van der Waals surface area contributed by atoms with E-state index in [9.17, 15) is 9.59 Å². The Morgan fingerprint density at radius 1 is 1.53 bits per heavy atom. The summed E-state index contributed by atoms with van der Waals surface area (Å²) in [7, 11) is 2.79. The number of ether oxygens (including phenoxy) is 4. The molecule has 2 heterocycles. The van der Waals surface area contributed by atoms with Crippen molar-refractivity contribution in [3.63, 3.8) is 0 Å². The number of hydrogen-bond donors (Lipinski definition) is 1. The molecule has 0 bridgehead atoms. The smallest absolute Gasteiger partial charge is 0.326 e. The van der Waals surface area contributed by atoms with Crippen LogP contribution in [0.4, 0.5) is 0 Å². The van der Waals surface area contributed by atoms with Crippen LogP contribution in [0.15, 0.2) is 0 Å². The highest BCUT2D eigenvalue weighted by atomic mass is 16.7. The first-order chi connectivity index (χ1) is 8.15. The minimum atomic E-state index is -0.593. The van der Waals surface area contributed by atoms with Crippen LogP contribution in [0.25, 0.3) is 0 Å². The van der Waals surface area contributed by atoms with Gasteiger partial charge in [0.15, 0.2) is 6.29 Å². The SMILES string of the molecule is COC(=O)CC1NC2C(=O)OCC2OC1OC. The molecular formula is C10H15NO6. The molecule has 4 unspecified atom stereocenters. The molecule has 2 rings (SSSR count). The van der Waals surface area contributed by atoms with Crippen molar-refractivity contribution < 1.29 is 28.5 Å². The van der Waals surface area contributed by atoms with E-state index in [1.54, 1.807) is 0 Å². The van der Waals surface area contributed by atoms with Gasteiger partial charge in [0.1, 0.15) is 18.8 Å². The van der Waals surface area contributed by atoms with Gasteiger partial charge in [0.05, 0.1) is 19.6 Å². The van der Waals surface area contributed by atoms with E-state index in [4.69, 9.17) is 14.2 Å². The summed E-state index contributed by atoms with van der Waals surface area (Å²) in [6.07, 6.45) is -0.878. The third-order valence-corrected chi connectivity index (χ3v) is 2.89. The molecule has 4 atom stereocenters. The Labute approximate surface area is 98.3 Å². The molecule has 0 aromatic carbocycles. The fourth-order valence-corrected chi connectivity index (χ4v) is 2.01. The Morgan fingerprint density at radius 2 is 2.29 bits per heavy atom. The molecule has 0 spiro atoms. The standard InChI is InChI=1S/C10H15NO6/c1-14-7(12)3-5-10(15-2)17-6-4-16-9(13)8(6)11-5/h5-6,8,10-11H,3-4H2,1-2H3. The molecule has 2 saturated heterocycles. The Bertz CT molecular complexity index is 320. The molecule has 0 aliphatic carbocycles. The zero-order valence-corrected chi connectivity index (χ0v) is 9.67. The van der Waals surface area contributed by atoms with E-state index in [1.165, 1.54) is 14.2 Å². The average molecular weight is 245 g/mol. The van der Waals surface area contributed by atoms with Gasteiger partial charge >= 0.3 is 11.9 Å². The maximum absolute atomic E-state index is 11.4. The topological polar surface area (TPSA) is 83.1 Å². The number of methoxy groups -OCH3 is 2. The van der Waals surface area contributed by atoms with Crippen LogP contribution in [0.2, 0.25) is 0 Å². The second-order valence-corrected chi connectivity index (χ2v) is 3.94. The average Bonchev–Trinajstić information content (AvgIpc) is 2.69. The van der Waals surface area contributed by atoms with Gasteiger partial charge in [0.25, 0.3) is 0 Å². The minimum absolute atomic E-state index is 0.0749. The van der Waals surface area contributed by atoms with Gasteiger partial charge in [-0.2, -0.15) is 0 Å². The predicted molar refractivity (Wildman–Crippen MR) is 54.0 cm³/mol. The van der Waals surface area contributed by atoms with Crippen LogP contribution in [0.5, 0.6) is 0 Å². The van der Waals surface area contributed by atoms with E-state index in [2.05, 4.69) is 10.1 Å². The van der Waals surface area contributed by atoms with E-state index in [1.807, 2.05) is 0 Å². The van der Waals surface area contributed by atoms with Crippen molar-refractivity contribution in [2.24, 2.45) is 0 Å². The Hall–Kier alpha value is -1.18. The minimum Gasteiger partial charge on any atom is -0.469 e. The van der Waals surface area contributed by atoms with Crippen LogP contribution >= 0.6 is 0 Å². The molecule has 0 saturated carbocycles. The van der Waals surface area contributed by atoms with Gasteiger partial charge < -0.3 is 18.9 Å². The van der Waals surface area contributed by atoms with Gasteiger partial charge in [-0.3, -0.25) is 14.9 Å². The van der Waals surface area contributed by atoms with Gasteiger partial charge in [-0.25, -0.2) is 0 Å². The Balaban J connectivity index is 2.03. The molecule has 7 nitrogen and oxygen atoms in total. The third kappa shape index (κ3) is 2.41. The van der Waals surface area contributed by atoms with E-state index < -0.39 is 24.3 Å². The van der Waals surface area contributed by atoms with Crippen molar-refractivity contribution in [2.45, 2.75) is 30.9 Å². The number of carbonyl (C=O) groups is 2. The molecule has 0 radical (unpaired) electrons. The van der Waals surface area contributed by atoms with Gasteiger partial charge in [-0.15, -0.1) is 0 Å². The first-order valence-electron chi connectivity index (χ1n) is 5.33. The number of cyclic esters (lactones) is 1. The second-order valence-electron chi connectivity index (χ2n) is 3.94. The summed E-state index contributed by atoms with van der Waals surface area (Å²) in [6, 6.07) is -0.949. The summed E-state index contributed by atoms with van der Waals surface area (Å²) in [5, 5.41) is 3.01. The van der Waals surface area contributed by atoms with E-state index in [0.717, 1.165) is 0 Å². The van der Waals surface area contributed by atoms with Crippen LogP contribution in [-0.4, -0.2) is 57.2 Å². The quantitative estimate of drug-likeness (QED) is 0.625. The maximum Gasteiger partial charge on any atom is 0.326 e. The van der Waals surface area contributed by atoms with Crippen LogP contribution in [0.3, 0.4) is 0 Å². The number of hydrogen-bond acceptors (Lipinski definition) is 7. The number of morpholine rings is 1. The Morgan fingerprint density at radius 3 is 2.94 bits per heavy atom. The number of esters is 2. The summed E-state index contributed by atoms with van der Waals surface area (Å²) >= 11 is 0. The van der Waals surface area contributed by atoms with Crippen molar-refractivity contribution in [1.29, 1.82) is 0 Å². The second kappa shape index (κ2) is 4.99. The van der Waals surface area contributed by atoms with Crippen LogP contribution in [-0.2, 0) is 28.5 Å². The molecule has 7 heteroatoms. The summed E-state index contributed by atoms with van der Waals surface area (Å²) in [4.78, 5) is 22.6. The van der Waals surface area contributed by atoms with E-state index in [-0.39, 0.29) is 25.1 Å². The summed E-state index contributed by atoms with van der Waals surface area (Å²) in [5.74, 6) is -0.752. The van der Waals surface area contributed by atoms with Crippen molar-refractivity contribution in [3.8, 4) is 0 Å². The lowest BCUT2D eigenvalue weighted by molar-refractivity contribution is -0.201. The highest BCUT2D eigenvalue weighted by Crippen LogP contribution is 2.23. The van der Waals surface area contributed by atoms with Crippen molar-refractivity contribution in [3.05, 3.63) is 0 Å². The largest absolute Gasteiger partial charge is 0.469 e. The first-order valence-corrected chi connectivity index (χ1v) is 5.33. The summed E-state index contributed by atoms with van der Waals surface area (Å²) < 4.78 is 20.1. The number of rotatable bonds is 3. The van der Waals surface area contributed by atoms with Crippen LogP contribution in [0, 0.1) is 0 Å².